The van der Waals surface area contributed by atoms with Gasteiger partial charge in [0.1, 0.15) is 5.60 Å². The molecule has 0 aliphatic rings. The number of rotatable bonds is 6. The third-order valence-electron chi connectivity index (χ3n) is 2.80. The van der Waals surface area contributed by atoms with Gasteiger partial charge >= 0.3 is 6.09 Å². The lowest BCUT2D eigenvalue weighted by atomic mass is 10.0. The van der Waals surface area contributed by atoms with Gasteiger partial charge in [0, 0.05) is 5.75 Å². The fraction of sp³-hybridized carbons (Fsp3) is 0.562. The van der Waals surface area contributed by atoms with Crippen LogP contribution in [0.5, 0.6) is 0 Å². The zero-order valence-electron chi connectivity index (χ0n) is 13.1. The molecule has 0 radical (unpaired) electrons. The van der Waals surface area contributed by atoms with E-state index in [-0.39, 0.29) is 6.04 Å². The molecule has 2 atom stereocenters. The molecule has 1 aromatic rings. The number of carbonyl (C=O) groups is 1. The maximum absolute atomic E-state index is 11.9. The van der Waals surface area contributed by atoms with Crippen LogP contribution in [0, 0.1) is 0 Å². The minimum absolute atomic E-state index is 0.366. The summed E-state index contributed by atoms with van der Waals surface area (Å²) >= 11 is 1.55. The van der Waals surface area contributed by atoms with Gasteiger partial charge in [-0.25, -0.2) is 4.79 Å². The maximum atomic E-state index is 11.9. The van der Waals surface area contributed by atoms with Crippen molar-refractivity contribution in [1.29, 1.82) is 0 Å². The normalized spacial score (nSPS) is 14.3. The van der Waals surface area contributed by atoms with E-state index < -0.39 is 17.8 Å². The summed E-state index contributed by atoms with van der Waals surface area (Å²) < 4.78 is 5.27. The number of aliphatic hydroxyl groups is 1. The first-order valence-electron chi connectivity index (χ1n) is 7.02. The summed E-state index contributed by atoms with van der Waals surface area (Å²) in [6.07, 6.45) is 1.38. The summed E-state index contributed by atoms with van der Waals surface area (Å²) in [5, 5.41) is 13.0. The molecule has 0 unspecified atom stereocenters. The quantitative estimate of drug-likeness (QED) is 0.848. The molecule has 21 heavy (non-hydrogen) atoms. The second-order valence-corrected chi connectivity index (χ2v) is 6.88. The number of ether oxygens (including phenoxy) is 1. The average molecular weight is 311 g/mol. The van der Waals surface area contributed by atoms with Crippen LogP contribution in [-0.4, -0.2) is 41.0 Å². The Morgan fingerprint density at radius 1 is 1.33 bits per heavy atom. The molecular weight excluding hydrogens is 286 g/mol. The lowest BCUT2D eigenvalue weighted by Crippen LogP contribution is -2.47. The summed E-state index contributed by atoms with van der Waals surface area (Å²) in [6.45, 7) is 5.45. The number of carbonyl (C=O) groups excluding carboxylic acids is 1. The molecule has 4 nitrogen and oxygen atoms in total. The molecule has 0 aromatic heterocycles. The Morgan fingerprint density at radius 2 is 1.95 bits per heavy atom. The highest BCUT2D eigenvalue weighted by atomic mass is 32.2. The van der Waals surface area contributed by atoms with Gasteiger partial charge in [-0.05, 0) is 39.0 Å². The second kappa shape index (κ2) is 8.29. The Kier molecular flexibility index (Phi) is 7.05. The van der Waals surface area contributed by atoms with Crippen molar-refractivity contribution in [2.45, 2.75) is 44.9 Å². The number of benzene rings is 1. The predicted molar refractivity (Wildman–Crippen MR) is 87.7 cm³/mol. The largest absolute Gasteiger partial charge is 0.444 e. The van der Waals surface area contributed by atoms with E-state index in [0.29, 0.717) is 12.2 Å². The van der Waals surface area contributed by atoms with E-state index in [2.05, 4.69) is 5.32 Å². The van der Waals surface area contributed by atoms with E-state index in [1.807, 2.05) is 57.4 Å². The SMILES string of the molecule is CSC[C@@H](O)[C@H](Cc1ccccc1)NC(=O)OC(C)(C)C. The molecule has 0 bridgehead atoms. The molecule has 1 rings (SSSR count). The molecule has 5 heteroatoms. The molecule has 0 aliphatic carbocycles. The molecule has 0 saturated carbocycles. The minimum Gasteiger partial charge on any atom is -0.444 e. The van der Waals surface area contributed by atoms with Gasteiger partial charge in [0.25, 0.3) is 0 Å². The minimum atomic E-state index is -0.618. The van der Waals surface area contributed by atoms with E-state index in [1.165, 1.54) is 0 Å². The fourth-order valence-corrected chi connectivity index (χ4v) is 2.47. The lowest BCUT2D eigenvalue weighted by molar-refractivity contribution is 0.0441. The van der Waals surface area contributed by atoms with Crippen molar-refractivity contribution in [3.63, 3.8) is 0 Å². The van der Waals surface area contributed by atoms with Crippen molar-refractivity contribution in [2.75, 3.05) is 12.0 Å². The average Bonchev–Trinajstić information content (AvgIpc) is 2.37. The van der Waals surface area contributed by atoms with E-state index in [1.54, 1.807) is 11.8 Å². The molecule has 1 aromatic carbocycles. The third kappa shape index (κ3) is 7.39. The highest BCUT2D eigenvalue weighted by Crippen LogP contribution is 2.12. The number of aliphatic hydroxyl groups excluding tert-OH is 1. The Hall–Kier alpha value is -1.20. The van der Waals surface area contributed by atoms with Crippen LogP contribution in [0.15, 0.2) is 30.3 Å². The standard InChI is InChI=1S/C16H25NO3S/c1-16(2,3)20-15(19)17-13(14(18)11-21-4)10-12-8-6-5-7-9-12/h5-9,13-14,18H,10-11H2,1-4H3,(H,17,19)/t13-,14+/m0/s1. The predicted octanol–water partition coefficient (Wildman–Crippen LogP) is 2.85. The molecule has 0 heterocycles. The van der Waals surface area contributed by atoms with Crippen molar-refractivity contribution in [3.05, 3.63) is 35.9 Å². The lowest BCUT2D eigenvalue weighted by Gasteiger charge is -2.26. The number of alkyl carbamates (subject to hydrolysis) is 1. The molecule has 0 saturated heterocycles. The molecule has 2 N–H and O–H groups in total. The zero-order chi connectivity index (χ0) is 15.9. The molecule has 0 aliphatic heterocycles. The van der Waals surface area contributed by atoms with Crippen LogP contribution in [0.3, 0.4) is 0 Å². The van der Waals surface area contributed by atoms with Crippen LogP contribution in [0.2, 0.25) is 0 Å². The van der Waals surface area contributed by atoms with E-state index >= 15 is 0 Å². The Labute approximate surface area is 131 Å². The van der Waals surface area contributed by atoms with Crippen LogP contribution < -0.4 is 5.32 Å². The van der Waals surface area contributed by atoms with Gasteiger partial charge in [-0.1, -0.05) is 30.3 Å². The van der Waals surface area contributed by atoms with Crippen LogP contribution in [0.1, 0.15) is 26.3 Å². The number of thioether (sulfide) groups is 1. The number of amides is 1. The third-order valence-corrected chi connectivity index (χ3v) is 3.48. The van der Waals surface area contributed by atoms with Crippen molar-refractivity contribution < 1.29 is 14.6 Å². The number of hydrogen-bond acceptors (Lipinski definition) is 4. The number of nitrogens with one attached hydrogen (secondary N) is 1. The van der Waals surface area contributed by atoms with Crippen LogP contribution in [0.4, 0.5) is 4.79 Å². The topological polar surface area (TPSA) is 58.6 Å². The van der Waals surface area contributed by atoms with Crippen molar-refractivity contribution in [2.24, 2.45) is 0 Å². The van der Waals surface area contributed by atoms with Gasteiger partial charge in [-0.2, -0.15) is 11.8 Å². The fourth-order valence-electron chi connectivity index (χ4n) is 1.90. The van der Waals surface area contributed by atoms with Gasteiger partial charge < -0.3 is 15.2 Å². The molecule has 1 amide bonds. The summed E-state index contributed by atoms with van der Waals surface area (Å²) in [6, 6.07) is 9.43. The first-order valence-corrected chi connectivity index (χ1v) is 8.41. The summed E-state index contributed by atoms with van der Waals surface area (Å²) in [7, 11) is 0. The van der Waals surface area contributed by atoms with Crippen molar-refractivity contribution in [3.8, 4) is 0 Å². The molecule has 0 spiro atoms. The summed E-state index contributed by atoms with van der Waals surface area (Å²) in [5.41, 5.74) is 0.518. The first kappa shape index (κ1) is 17.9. The highest BCUT2D eigenvalue weighted by molar-refractivity contribution is 7.98. The Morgan fingerprint density at radius 3 is 2.48 bits per heavy atom. The Bertz CT molecular complexity index is 431. The van der Waals surface area contributed by atoms with Crippen molar-refractivity contribution >= 4 is 17.9 Å². The first-order chi connectivity index (χ1) is 9.81. The van der Waals surface area contributed by atoms with Crippen molar-refractivity contribution in [1.82, 2.24) is 5.32 Å². The van der Waals surface area contributed by atoms with E-state index in [0.717, 1.165) is 5.56 Å². The van der Waals surface area contributed by atoms with Gasteiger partial charge in [-0.3, -0.25) is 0 Å². The summed E-state index contributed by atoms with van der Waals surface area (Å²) in [5.74, 6) is 0.563. The van der Waals surface area contributed by atoms with Crippen LogP contribution in [-0.2, 0) is 11.2 Å². The zero-order valence-corrected chi connectivity index (χ0v) is 13.9. The van der Waals surface area contributed by atoms with Gasteiger partial charge in [0.2, 0.25) is 0 Å². The molecular formula is C16H25NO3S. The smallest absolute Gasteiger partial charge is 0.407 e. The second-order valence-electron chi connectivity index (χ2n) is 5.97. The highest BCUT2D eigenvalue weighted by Gasteiger charge is 2.24. The maximum Gasteiger partial charge on any atom is 0.407 e. The monoisotopic (exact) mass is 311 g/mol. The molecule has 118 valence electrons. The Balaban J connectivity index is 2.71. The number of hydrogen-bond donors (Lipinski definition) is 2. The van der Waals surface area contributed by atoms with Gasteiger partial charge in [-0.15, -0.1) is 0 Å². The molecule has 0 fully saturated rings. The van der Waals surface area contributed by atoms with Gasteiger partial charge in [0.05, 0.1) is 12.1 Å². The van der Waals surface area contributed by atoms with Gasteiger partial charge in [0.15, 0.2) is 0 Å². The van der Waals surface area contributed by atoms with E-state index in [4.69, 9.17) is 4.74 Å². The summed E-state index contributed by atoms with van der Waals surface area (Å²) in [4.78, 5) is 11.9. The van der Waals surface area contributed by atoms with E-state index in [9.17, 15) is 9.90 Å². The van der Waals surface area contributed by atoms with Crippen LogP contribution >= 0.6 is 11.8 Å². The van der Waals surface area contributed by atoms with Crippen LogP contribution in [0.25, 0.3) is 0 Å².